The smallest absolute Gasteiger partial charge is 0.0243 e. The van der Waals surface area contributed by atoms with Crippen molar-refractivity contribution in [2.75, 3.05) is 6.54 Å². The fourth-order valence-corrected chi connectivity index (χ4v) is 1.13. The Labute approximate surface area is 56.8 Å². The predicted molar refractivity (Wildman–Crippen MR) is 38.8 cm³/mol. The summed E-state index contributed by atoms with van der Waals surface area (Å²) in [5.74, 6) is 5.62. The molecule has 1 fully saturated rings. The standard InChI is InChI=1S/C8H12N/c1-2-3-5-8-6-4-7-9-8/h8-9H,1,4-7H2. The van der Waals surface area contributed by atoms with E-state index in [9.17, 15) is 0 Å². The highest BCUT2D eigenvalue weighted by molar-refractivity contribution is 5.03. The van der Waals surface area contributed by atoms with E-state index in [0.717, 1.165) is 6.42 Å². The van der Waals surface area contributed by atoms with Gasteiger partial charge in [-0.3, -0.25) is 0 Å². The van der Waals surface area contributed by atoms with Gasteiger partial charge in [-0.05, 0) is 19.4 Å². The molecule has 1 radical (unpaired) electrons. The second-order valence-corrected chi connectivity index (χ2v) is 2.35. The molecule has 0 aliphatic carbocycles. The molecule has 0 aromatic rings. The lowest BCUT2D eigenvalue weighted by Crippen LogP contribution is -2.20. The molecular weight excluding hydrogens is 110 g/mol. The summed E-state index contributed by atoms with van der Waals surface area (Å²) in [6, 6.07) is 0.652. The lowest BCUT2D eigenvalue weighted by molar-refractivity contribution is 0.623. The zero-order valence-electron chi connectivity index (χ0n) is 5.61. The van der Waals surface area contributed by atoms with E-state index in [-0.39, 0.29) is 0 Å². The summed E-state index contributed by atoms with van der Waals surface area (Å²) in [7, 11) is 0. The van der Waals surface area contributed by atoms with Crippen LogP contribution in [0.15, 0.2) is 0 Å². The van der Waals surface area contributed by atoms with Gasteiger partial charge in [0.25, 0.3) is 0 Å². The van der Waals surface area contributed by atoms with Crippen molar-refractivity contribution in [3.05, 3.63) is 6.92 Å². The molecule has 1 unspecified atom stereocenters. The first-order chi connectivity index (χ1) is 4.43. The first-order valence-electron chi connectivity index (χ1n) is 3.42. The first kappa shape index (κ1) is 6.64. The van der Waals surface area contributed by atoms with Gasteiger partial charge < -0.3 is 5.32 Å². The summed E-state index contributed by atoms with van der Waals surface area (Å²) in [4.78, 5) is 0. The minimum absolute atomic E-state index is 0.652. The molecule has 0 aromatic carbocycles. The van der Waals surface area contributed by atoms with Gasteiger partial charge in [-0.1, -0.05) is 0 Å². The molecule has 1 nitrogen and oxygen atoms in total. The van der Waals surface area contributed by atoms with Crippen LogP contribution in [0.1, 0.15) is 19.3 Å². The van der Waals surface area contributed by atoms with Gasteiger partial charge in [0.05, 0.1) is 0 Å². The third kappa shape index (κ3) is 2.07. The maximum Gasteiger partial charge on any atom is 0.0243 e. The monoisotopic (exact) mass is 122 g/mol. The Bertz CT molecular complexity index is 123. The second kappa shape index (κ2) is 3.53. The Morgan fingerprint density at radius 1 is 1.67 bits per heavy atom. The van der Waals surface area contributed by atoms with Crippen LogP contribution in [0.5, 0.6) is 0 Å². The van der Waals surface area contributed by atoms with Crippen molar-refractivity contribution in [1.29, 1.82) is 0 Å². The highest BCUT2D eigenvalue weighted by Crippen LogP contribution is 2.06. The molecule has 1 heterocycles. The molecule has 1 aliphatic rings. The van der Waals surface area contributed by atoms with Crippen molar-refractivity contribution >= 4 is 0 Å². The molecular formula is C8H12N. The normalized spacial score (nSPS) is 25.2. The van der Waals surface area contributed by atoms with E-state index in [0.29, 0.717) is 6.04 Å². The third-order valence-corrected chi connectivity index (χ3v) is 1.64. The van der Waals surface area contributed by atoms with Crippen LogP contribution < -0.4 is 5.32 Å². The van der Waals surface area contributed by atoms with Crippen molar-refractivity contribution in [2.45, 2.75) is 25.3 Å². The van der Waals surface area contributed by atoms with Gasteiger partial charge in [0.2, 0.25) is 0 Å². The largest absolute Gasteiger partial charge is 0.313 e. The Hall–Kier alpha value is -0.480. The fraction of sp³-hybridized carbons (Fsp3) is 0.625. The Morgan fingerprint density at radius 2 is 2.56 bits per heavy atom. The summed E-state index contributed by atoms with van der Waals surface area (Å²) in [5.41, 5.74) is 0. The van der Waals surface area contributed by atoms with Crippen LogP contribution in [-0.4, -0.2) is 12.6 Å². The Kier molecular flexibility index (Phi) is 2.60. The maximum atomic E-state index is 3.46. The molecule has 1 N–H and O–H groups in total. The van der Waals surface area contributed by atoms with Crippen LogP contribution in [0.4, 0.5) is 0 Å². The zero-order valence-corrected chi connectivity index (χ0v) is 5.61. The predicted octanol–water partition coefficient (Wildman–Crippen LogP) is 0.966. The van der Waals surface area contributed by atoms with E-state index in [4.69, 9.17) is 0 Å². The SMILES string of the molecule is [CH2]C#CCC1CCCN1. The fourth-order valence-electron chi connectivity index (χ4n) is 1.13. The summed E-state index contributed by atoms with van der Waals surface area (Å²) < 4.78 is 0. The summed E-state index contributed by atoms with van der Waals surface area (Å²) >= 11 is 0. The molecule has 0 aromatic heterocycles. The Morgan fingerprint density at radius 3 is 3.11 bits per heavy atom. The molecule has 1 saturated heterocycles. The van der Waals surface area contributed by atoms with Crippen LogP contribution in [0.2, 0.25) is 0 Å². The van der Waals surface area contributed by atoms with Gasteiger partial charge in [-0.25, -0.2) is 0 Å². The van der Waals surface area contributed by atoms with Crippen molar-refractivity contribution in [3.63, 3.8) is 0 Å². The van der Waals surface area contributed by atoms with Crippen molar-refractivity contribution in [2.24, 2.45) is 0 Å². The average molecular weight is 122 g/mol. The van der Waals surface area contributed by atoms with Gasteiger partial charge in [-0.2, -0.15) is 0 Å². The van der Waals surface area contributed by atoms with Gasteiger partial charge >= 0.3 is 0 Å². The van der Waals surface area contributed by atoms with E-state index in [1.165, 1.54) is 19.4 Å². The van der Waals surface area contributed by atoms with Crippen LogP contribution >= 0.6 is 0 Å². The lowest BCUT2D eigenvalue weighted by Gasteiger charge is -2.02. The van der Waals surface area contributed by atoms with E-state index in [2.05, 4.69) is 24.1 Å². The number of rotatable bonds is 1. The van der Waals surface area contributed by atoms with Gasteiger partial charge in [-0.15, -0.1) is 11.8 Å². The van der Waals surface area contributed by atoms with Crippen LogP contribution in [0, 0.1) is 18.8 Å². The zero-order chi connectivity index (χ0) is 6.53. The van der Waals surface area contributed by atoms with Crippen molar-refractivity contribution in [3.8, 4) is 11.8 Å². The van der Waals surface area contributed by atoms with Crippen LogP contribution in [-0.2, 0) is 0 Å². The van der Waals surface area contributed by atoms with E-state index < -0.39 is 0 Å². The molecule has 49 valence electrons. The molecule has 1 rings (SSSR count). The van der Waals surface area contributed by atoms with Crippen molar-refractivity contribution < 1.29 is 0 Å². The van der Waals surface area contributed by atoms with E-state index in [1.54, 1.807) is 0 Å². The summed E-state index contributed by atoms with van der Waals surface area (Å²) in [6.45, 7) is 4.63. The number of hydrogen-bond donors (Lipinski definition) is 1. The van der Waals surface area contributed by atoms with Gasteiger partial charge in [0, 0.05) is 19.4 Å². The molecule has 0 amide bonds. The second-order valence-electron chi connectivity index (χ2n) is 2.35. The van der Waals surface area contributed by atoms with Crippen LogP contribution in [0.25, 0.3) is 0 Å². The first-order valence-corrected chi connectivity index (χ1v) is 3.42. The molecule has 1 heteroatoms. The summed E-state index contributed by atoms with van der Waals surface area (Å²) in [6.07, 6.45) is 3.57. The lowest BCUT2D eigenvalue weighted by atomic mass is 10.2. The quantitative estimate of drug-likeness (QED) is 0.511. The minimum atomic E-state index is 0.652. The average Bonchev–Trinajstić information content (AvgIpc) is 2.34. The van der Waals surface area contributed by atoms with E-state index in [1.807, 2.05) is 0 Å². The Balaban J connectivity index is 2.16. The number of nitrogens with one attached hydrogen (secondary N) is 1. The molecule has 1 aliphatic heterocycles. The molecule has 0 saturated carbocycles. The highest BCUT2D eigenvalue weighted by atomic mass is 14.9. The van der Waals surface area contributed by atoms with Crippen molar-refractivity contribution in [1.82, 2.24) is 5.32 Å². The van der Waals surface area contributed by atoms with Crippen LogP contribution in [0.3, 0.4) is 0 Å². The van der Waals surface area contributed by atoms with Gasteiger partial charge in [0.1, 0.15) is 0 Å². The number of hydrogen-bond acceptors (Lipinski definition) is 1. The maximum absolute atomic E-state index is 3.46. The topological polar surface area (TPSA) is 12.0 Å². The highest BCUT2D eigenvalue weighted by Gasteiger charge is 2.11. The third-order valence-electron chi connectivity index (χ3n) is 1.64. The molecule has 0 bridgehead atoms. The van der Waals surface area contributed by atoms with E-state index >= 15 is 0 Å². The van der Waals surface area contributed by atoms with Gasteiger partial charge in [0.15, 0.2) is 0 Å². The molecule has 9 heavy (non-hydrogen) atoms. The minimum Gasteiger partial charge on any atom is -0.313 e. The molecule has 0 spiro atoms. The molecule has 1 atom stereocenters. The summed E-state index contributed by atoms with van der Waals surface area (Å²) in [5, 5.41) is 3.36.